The van der Waals surface area contributed by atoms with Gasteiger partial charge < -0.3 is 9.84 Å². The first-order chi connectivity index (χ1) is 5.87. The van der Waals surface area contributed by atoms with E-state index in [-0.39, 0.29) is 0 Å². The summed E-state index contributed by atoms with van der Waals surface area (Å²) in [6, 6.07) is 0. The number of hydrogen-bond acceptors (Lipinski definition) is 3. The van der Waals surface area contributed by atoms with E-state index >= 15 is 0 Å². The van der Waals surface area contributed by atoms with Crippen LogP contribution in [0.2, 0.25) is 0 Å². The molecule has 0 aliphatic heterocycles. The van der Waals surface area contributed by atoms with E-state index in [4.69, 9.17) is 9.84 Å². The number of carboxylic acid groups (broad SMARTS) is 1. The Labute approximate surface area is 84.4 Å². The number of aliphatic carboxylic acids is 1. The van der Waals surface area contributed by atoms with Gasteiger partial charge >= 0.3 is 11.9 Å². The minimum absolute atomic E-state index is 0.645. The number of carbonyl (C=O) groups is 2. The van der Waals surface area contributed by atoms with E-state index in [1.54, 1.807) is 13.8 Å². The lowest BCUT2D eigenvalue weighted by molar-refractivity contribution is -0.157. The first-order valence-corrected chi connectivity index (χ1v) is 4.23. The number of carboxylic acids is 1. The van der Waals surface area contributed by atoms with Gasteiger partial charge in [-0.3, -0.25) is 9.59 Å². The Morgan fingerprint density at radius 3 is 2.46 bits per heavy atom. The van der Waals surface area contributed by atoms with Gasteiger partial charge in [-0.1, -0.05) is 0 Å². The first-order valence-electron chi connectivity index (χ1n) is 3.44. The molecule has 0 aliphatic carbocycles. The zero-order chi connectivity index (χ0) is 10.5. The van der Waals surface area contributed by atoms with Gasteiger partial charge in [0.2, 0.25) is 0 Å². The van der Waals surface area contributed by atoms with E-state index in [1.807, 2.05) is 0 Å². The second-order valence-electron chi connectivity index (χ2n) is 2.77. The lowest BCUT2D eigenvalue weighted by Crippen LogP contribution is -2.27. The molecular weight excluding hydrogens is 240 g/mol. The highest BCUT2D eigenvalue weighted by atomic mass is 79.9. The summed E-state index contributed by atoms with van der Waals surface area (Å²) in [7, 11) is 0. The van der Waals surface area contributed by atoms with Crippen LogP contribution in [0.3, 0.4) is 0 Å². The smallest absolute Gasteiger partial charge is 0.318 e. The van der Waals surface area contributed by atoms with Gasteiger partial charge in [-0.15, -0.1) is 0 Å². The molecule has 0 unspecified atom stereocenters. The van der Waals surface area contributed by atoms with Crippen molar-refractivity contribution in [2.75, 3.05) is 0 Å². The highest BCUT2D eigenvalue weighted by Gasteiger charge is 2.21. The van der Waals surface area contributed by atoms with Gasteiger partial charge in [0, 0.05) is 15.9 Å². The largest absolute Gasteiger partial charge is 0.481 e. The van der Waals surface area contributed by atoms with Crippen molar-refractivity contribution in [3.05, 3.63) is 0 Å². The quantitative estimate of drug-likeness (QED) is 0.462. The fraction of sp³-hybridized carbons (Fsp3) is 0.500. The highest BCUT2D eigenvalue weighted by molar-refractivity contribution is 9.12. The van der Waals surface area contributed by atoms with Crippen molar-refractivity contribution < 1.29 is 19.4 Å². The summed E-state index contributed by atoms with van der Waals surface area (Å²) in [6.45, 7) is 3.14. The Hall–Kier alpha value is -1.02. The third kappa shape index (κ3) is 6.17. The van der Waals surface area contributed by atoms with Crippen molar-refractivity contribution >= 4 is 27.9 Å². The molecule has 1 N–H and O–H groups in total. The summed E-state index contributed by atoms with van der Waals surface area (Å²) < 4.78 is 4.77. The molecule has 0 atom stereocenters. The lowest BCUT2D eigenvalue weighted by atomic mass is 10.1. The summed E-state index contributed by atoms with van der Waals surface area (Å²) in [4.78, 5) is 23.4. The fourth-order valence-corrected chi connectivity index (χ4v) is 1.06. The fourth-order valence-electron chi connectivity index (χ4n) is 0.583. The molecule has 0 aromatic carbocycles. The first kappa shape index (κ1) is 12.0. The molecular formula is C8H9BrO4. The molecule has 0 radical (unpaired) electrons. The third-order valence-electron chi connectivity index (χ3n) is 1.01. The zero-order valence-electron chi connectivity index (χ0n) is 7.26. The van der Waals surface area contributed by atoms with Gasteiger partial charge in [0.25, 0.3) is 0 Å². The molecule has 72 valence electrons. The van der Waals surface area contributed by atoms with Crippen LogP contribution in [-0.2, 0) is 14.3 Å². The van der Waals surface area contributed by atoms with E-state index in [0.717, 1.165) is 0 Å². The van der Waals surface area contributed by atoms with Gasteiger partial charge in [0.1, 0.15) is 6.42 Å². The SMILES string of the molecule is CC(C)(C#CBr)OC(=O)CC(=O)O. The predicted molar refractivity (Wildman–Crippen MR) is 49.1 cm³/mol. The number of hydrogen-bond donors (Lipinski definition) is 1. The molecule has 0 heterocycles. The van der Waals surface area contributed by atoms with Crippen LogP contribution in [0.15, 0.2) is 0 Å². The maximum absolute atomic E-state index is 10.9. The van der Waals surface area contributed by atoms with E-state index in [1.165, 1.54) is 0 Å². The Morgan fingerprint density at radius 2 is 2.08 bits per heavy atom. The summed E-state index contributed by atoms with van der Waals surface area (Å²) in [5.41, 5.74) is -0.962. The molecule has 0 saturated heterocycles. The van der Waals surface area contributed by atoms with Gasteiger partial charge in [-0.25, -0.2) is 0 Å². The highest BCUT2D eigenvalue weighted by Crippen LogP contribution is 2.09. The average Bonchev–Trinajstić information content (AvgIpc) is 1.81. The molecule has 0 aliphatic rings. The van der Waals surface area contributed by atoms with E-state index in [0.29, 0.717) is 0 Å². The van der Waals surface area contributed by atoms with E-state index < -0.39 is 24.0 Å². The molecule has 0 amide bonds. The van der Waals surface area contributed by atoms with Crippen LogP contribution < -0.4 is 0 Å². The van der Waals surface area contributed by atoms with Gasteiger partial charge in [0.15, 0.2) is 5.60 Å². The third-order valence-corrected chi connectivity index (χ3v) is 1.21. The second-order valence-corrected chi connectivity index (χ2v) is 3.17. The lowest BCUT2D eigenvalue weighted by Gasteiger charge is -2.17. The monoisotopic (exact) mass is 248 g/mol. The van der Waals surface area contributed by atoms with Gasteiger partial charge in [-0.05, 0) is 24.6 Å². The van der Waals surface area contributed by atoms with Crippen LogP contribution >= 0.6 is 15.9 Å². The van der Waals surface area contributed by atoms with Crippen LogP contribution in [0.1, 0.15) is 20.3 Å². The standard InChI is InChI=1S/C8H9BrO4/c1-8(2,3-4-9)13-7(12)5-6(10)11/h5H2,1-2H3,(H,10,11). The maximum atomic E-state index is 10.9. The van der Waals surface area contributed by atoms with Crippen molar-refractivity contribution in [3.8, 4) is 10.8 Å². The van der Waals surface area contributed by atoms with E-state index in [2.05, 4.69) is 26.7 Å². The Morgan fingerprint density at radius 1 is 1.54 bits per heavy atom. The van der Waals surface area contributed by atoms with Crippen molar-refractivity contribution in [1.29, 1.82) is 0 Å². The van der Waals surface area contributed by atoms with Crippen molar-refractivity contribution in [2.45, 2.75) is 25.9 Å². The van der Waals surface area contributed by atoms with Gasteiger partial charge in [-0.2, -0.15) is 0 Å². The van der Waals surface area contributed by atoms with Crippen LogP contribution in [0.25, 0.3) is 0 Å². The summed E-state index contributed by atoms with van der Waals surface area (Å²) in [5.74, 6) is 0.543. The van der Waals surface area contributed by atoms with E-state index in [9.17, 15) is 9.59 Å². The minimum atomic E-state index is -1.22. The molecule has 5 heteroatoms. The number of rotatable bonds is 3. The Balaban J connectivity index is 4.17. The molecule has 0 bridgehead atoms. The number of esters is 1. The Kier molecular flexibility index (Phi) is 4.49. The molecule has 13 heavy (non-hydrogen) atoms. The predicted octanol–water partition coefficient (Wildman–Crippen LogP) is 1.14. The summed E-state index contributed by atoms with van der Waals surface area (Å²) >= 11 is 2.86. The normalized spacial score (nSPS) is 9.77. The van der Waals surface area contributed by atoms with Crippen LogP contribution in [-0.4, -0.2) is 22.6 Å². The van der Waals surface area contributed by atoms with Crippen LogP contribution in [0.4, 0.5) is 0 Å². The molecule has 0 saturated carbocycles. The molecule has 0 spiro atoms. The number of carbonyl (C=O) groups excluding carboxylic acids is 1. The van der Waals surface area contributed by atoms with Crippen LogP contribution in [0.5, 0.6) is 0 Å². The number of ether oxygens (including phenoxy) is 1. The summed E-state index contributed by atoms with van der Waals surface area (Å²) in [5, 5.41) is 8.26. The zero-order valence-corrected chi connectivity index (χ0v) is 8.84. The molecule has 0 aromatic heterocycles. The maximum Gasteiger partial charge on any atom is 0.318 e. The van der Waals surface area contributed by atoms with Gasteiger partial charge in [0.05, 0.1) is 0 Å². The van der Waals surface area contributed by atoms with Crippen molar-refractivity contribution in [1.82, 2.24) is 0 Å². The minimum Gasteiger partial charge on any atom is -0.481 e. The van der Waals surface area contributed by atoms with Crippen molar-refractivity contribution in [3.63, 3.8) is 0 Å². The molecule has 4 nitrogen and oxygen atoms in total. The summed E-state index contributed by atoms with van der Waals surface area (Å²) in [6.07, 6.45) is -0.645. The van der Waals surface area contributed by atoms with Crippen molar-refractivity contribution in [2.24, 2.45) is 0 Å². The molecule has 0 aromatic rings. The molecule has 0 fully saturated rings. The number of halogens is 1. The molecule has 0 rings (SSSR count). The van der Waals surface area contributed by atoms with Crippen LogP contribution in [0, 0.1) is 10.8 Å². The topological polar surface area (TPSA) is 63.6 Å². The average molecular weight is 249 g/mol. The second kappa shape index (κ2) is 4.87. The Bertz CT molecular complexity index is 272.